The standard InChI is InChI=1S/C10H20N2O3/c1-6(11)8(13)12-7(2)9(14)15-10(3,4)5/h6-7H,11H2,1-5H3,(H,12,13)/t6-,7?/m0/s1. The lowest BCUT2D eigenvalue weighted by Crippen LogP contribution is -2.47. The molecule has 0 aliphatic heterocycles. The van der Waals surface area contributed by atoms with Crippen LogP contribution in [0.25, 0.3) is 0 Å². The van der Waals surface area contributed by atoms with Crippen LogP contribution in [-0.2, 0) is 14.3 Å². The van der Waals surface area contributed by atoms with Gasteiger partial charge in [-0.05, 0) is 34.6 Å². The van der Waals surface area contributed by atoms with E-state index >= 15 is 0 Å². The van der Waals surface area contributed by atoms with Gasteiger partial charge in [0.25, 0.3) is 0 Å². The van der Waals surface area contributed by atoms with Crippen molar-refractivity contribution in [3.8, 4) is 0 Å². The summed E-state index contributed by atoms with van der Waals surface area (Å²) in [6.45, 7) is 8.42. The van der Waals surface area contributed by atoms with Crippen molar-refractivity contribution in [1.29, 1.82) is 0 Å². The van der Waals surface area contributed by atoms with Gasteiger partial charge in [0.2, 0.25) is 5.91 Å². The van der Waals surface area contributed by atoms with Gasteiger partial charge in [0.15, 0.2) is 0 Å². The van der Waals surface area contributed by atoms with E-state index < -0.39 is 23.7 Å². The number of nitrogens with one attached hydrogen (secondary N) is 1. The number of esters is 1. The third-order valence-corrected chi connectivity index (χ3v) is 1.53. The van der Waals surface area contributed by atoms with E-state index in [1.54, 1.807) is 34.6 Å². The molecule has 15 heavy (non-hydrogen) atoms. The molecule has 0 radical (unpaired) electrons. The van der Waals surface area contributed by atoms with E-state index in [9.17, 15) is 9.59 Å². The minimum absolute atomic E-state index is 0.367. The number of ether oxygens (including phenoxy) is 1. The van der Waals surface area contributed by atoms with Crippen LogP contribution >= 0.6 is 0 Å². The maximum atomic E-state index is 11.4. The van der Waals surface area contributed by atoms with E-state index in [1.165, 1.54) is 0 Å². The fraction of sp³-hybridized carbons (Fsp3) is 0.800. The Morgan fingerprint density at radius 1 is 1.27 bits per heavy atom. The van der Waals surface area contributed by atoms with E-state index in [-0.39, 0.29) is 5.91 Å². The van der Waals surface area contributed by atoms with Crippen LogP contribution in [0.5, 0.6) is 0 Å². The monoisotopic (exact) mass is 216 g/mol. The van der Waals surface area contributed by atoms with Crippen LogP contribution in [0.4, 0.5) is 0 Å². The van der Waals surface area contributed by atoms with Crippen molar-refractivity contribution < 1.29 is 14.3 Å². The Morgan fingerprint density at radius 2 is 1.73 bits per heavy atom. The normalized spacial score (nSPS) is 15.3. The molecule has 0 aromatic rings. The first-order valence-electron chi connectivity index (χ1n) is 4.92. The first-order chi connectivity index (χ1) is 6.63. The summed E-state index contributed by atoms with van der Waals surface area (Å²) in [5.74, 6) is -0.829. The molecular formula is C10H20N2O3. The third kappa shape index (κ3) is 6.06. The zero-order valence-electron chi connectivity index (χ0n) is 9.96. The minimum atomic E-state index is -0.678. The van der Waals surface area contributed by atoms with E-state index in [4.69, 9.17) is 10.5 Å². The van der Waals surface area contributed by atoms with E-state index in [0.717, 1.165) is 0 Å². The summed E-state index contributed by atoms with van der Waals surface area (Å²) in [4.78, 5) is 22.6. The summed E-state index contributed by atoms with van der Waals surface area (Å²) >= 11 is 0. The van der Waals surface area contributed by atoms with Crippen molar-refractivity contribution in [3.05, 3.63) is 0 Å². The number of carbonyl (C=O) groups is 2. The Morgan fingerprint density at radius 3 is 2.07 bits per heavy atom. The van der Waals surface area contributed by atoms with Crippen LogP contribution < -0.4 is 11.1 Å². The second kappa shape index (κ2) is 5.11. The van der Waals surface area contributed by atoms with Crippen molar-refractivity contribution in [2.45, 2.75) is 52.3 Å². The number of carbonyl (C=O) groups excluding carboxylic acids is 2. The molecule has 0 fully saturated rings. The molecule has 5 heteroatoms. The highest BCUT2D eigenvalue weighted by molar-refractivity contribution is 5.86. The molecule has 1 unspecified atom stereocenters. The molecule has 0 aromatic heterocycles. The molecule has 2 atom stereocenters. The zero-order chi connectivity index (χ0) is 12.2. The lowest BCUT2D eigenvalue weighted by Gasteiger charge is -2.23. The van der Waals surface area contributed by atoms with Crippen molar-refractivity contribution in [2.24, 2.45) is 5.73 Å². The van der Waals surface area contributed by atoms with E-state index in [1.807, 2.05) is 0 Å². The molecule has 1 amide bonds. The number of amides is 1. The number of nitrogens with two attached hydrogens (primary N) is 1. The van der Waals surface area contributed by atoms with Crippen LogP contribution in [0, 0.1) is 0 Å². The van der Waals surface area contributed by atoms with Gasteiger partial charge in [0.05, 0.1) is 6.04 Å². The van der Waals surface area contributed by atoms with Crippen molar-refractivity contribution in [2.75, 3.05) is 0 Å². The summed E-state index contributed by atoms with van der Waals surface area (Å²) in [6, 6.07) is -1.31. The molecule has 0 bridgehead atoms. The second-order valence-corrected chi connectivity index (χ2v) is 4.55. The molecule has 5 nitrogen and oxygen atoms in total. The van der Waals surface area contributed by atoms with Crippen molar-refractivity contribution >= 4 is 11.9 Å². The Balaban J connectivity index is 4.17. The molecule has 0 rings (SSSR count). The number of hydrogen-bond donors (Lipinski definition) is 2. The number of hydrogen-bond acceptors (Lipinski definition) is 4. The van der Waals surface area contributed by atoms with Crippen molar-refractivity contribution in [3.63, 3.8) is 0 Å². The minimum Gasteiger partial charge on any atom is -0.458 e. The Bertz CT molecular complexity index is 244. The average Bonchev–Trinajstić information content (AvgIpc) is 2.00. The average molecular weight is 216 g/mol. The summed E-state index contributed by atoms with van der Waals surface area (Å²) in [7, 11) is 0. The van der Waals surface area contributed by atoms with Gasteiger partial charge >= 0.3 is 5.97 Å². The lowest BCUT2D eigenvalue weighted by atomic mass is 10.2. The van der Waals surface area contributed by atoms with Crippen LogP contribution in [-0.4, -0.2) is 29.6 Å². The first-order valence-corrected chi connectivity index (χ1v) is 4.92. The maximum absolute atomic E-state index is 11.4. The SMILES string of the molecule is CC(NC(=O)[C@H](C)N)C(=O)OC(C)(C)C. The molecule has 0 aliphatic carbocycles. The highest BCUT2D eigenvalue weighted by atomic mass is 16.6. The quantitative estimate of drug-likeness (QED) is 0.659. The second-order valence-electron chi connectivity index (χ2n) is 4.55. The molecule has 0 aromatic carbocycles. The molecule has 0 spiro atoms. The highest BCUT2D eigenvalue weighted by Gasteiger charge is 2.23. The van der Waals surface area contributed by atoms with Gasteiger partial charge in [-0.2, -0.15) is 0 Å². The predicted octanol–water partition coefficient (Wildman–Crippen LogP) is 0.180. The molecule has 3 N–H and O–H groups in total. The fourth-order valence-corrected chi connectivity index (χ4v) is 0.794. The number of rotatable bonds is 3. The van der Waals surface area contributed by atoms with Crippen LogP contribution in [0.3, 0.4) is 0 Å². The van der Waals surface area contributed by atoms with Crippen LogP contribution in [0.15, 0.2) is 0 Å². The van der Waals surface area contributed by atoms with Gasteiger partial charge in [0, 0.05) is 0 Å². The van der Waals surface area contributed by atoms with Gasteiger partial charge in [-0.3, -0.25) is 4.79 Å². The van der Waals surface area contributed by atoms with Gasteiger partial charge in [-0.25, -0.2) is 4.79 Å². The summed E-state index contributed by atoms with van der Waals surface area (Å²) in [5.41, 5.74) is 4.80. The fourth-order valence-electron chi connectivity index (χ4n) is 0.794. The maximum Gasteiger partial charge on any atom is 0.328 e. The van der Waals surface area contributed by atoms with E-state index in [2.05, 4.69) is 5.32 Å². The Labute approximate surface area is 90.4 Å². The van der Waals surface area contributed by atoms with Gasteiger partial charge in [-0.15, -0.1) is 0 Å². The summed E-state index contributed by atoms with van der Waals surface area (Å²) in [6.07, 6.45) is 0. The van der Waals surface area contributed by atoms with Crippen LogP contribution in [0.2, 0.25) is 0 Å². The van der Waals surface area contributed by atoms with Gasteiger partial charge < -0.3 is 15.8 Å². The summed E-state index contributed by atoms with van der Waals surface area (Å²) < 4.78 is 5.09. The molecule has 0 aliphatic rings. The topological polar surface area (TPSA) is 81.4 Å². The van der Waals surface area contributed by atoms with Gasteiger partial charge in [-0.1, -0.05) is 0 Å². The van der Waals surface area contributed by atoms with Crippen LogP contribution in [0.1, 0.15) is 34.6 Å². The molecule has 88 valence electrons. The smallest absolute Gasteiger partial charge is 0.328 e. The highest BCUT2D eigenvalue weighted by Crippen LogP contribution is 2.08. The van der Waals surface area contributed by atoms with Gasteiger partial charge in [0.1, 0.15) is 11.6 Å². The largest absolute Gasteiger partial charge is 0.458 e. The molecule has 0 saturated carbocycles. The lowest BCUT2D eigenvalue weighted by molar-refractivity contribution is -0.158. The Kier molecular flexibility index (Phi) is 4.74. The molecular weight excluding hydrogens is 196 g/mol. The van der Waals surface area contributed by atoms with E-state index in [0.29, 0.717) is 0 Å². The van der Waals surface area contributed by atoms with Crippen molar-refractivity contribution in [1.82, 2.24) is 5.32 Å². The first kappa shape index (κ1) is 13.9. The Hall–Kier alpha value is -1.10. The molecule has 0 heterocycles. The zero-order valence-corrected chi connectivity index (χ0v) is 9.96. The predicted molar refractivity (Wildman–Crippen MR) is 57.1 cm³/mol. The molecule has 0 saturated heterocycles. The summed E-state index contributed by atoms with van der Waals surface area (Å²) in [5, 5.41) is 2.46. The third-order valence-electron chi connectivity index (χ3n) is 1.53.